The van der Waals surface area contributed by atoms with Crippen LogP contribution in [0.25, 0.3) is 83.2 Å². The second kappa shape index (κ2) is 11.8. The van der Waals surface area contributed by atoms with Crippen molar-refractivity contribution in [1.82, 2.24) is 4.57 Å². The van der Waals surface area contributed by atoms with Crippen molar-refractivity contribution in [3.63, 3.8) is 0 Å². The molecule has 12 rings (SSSR count). The molecule has 0 saturated heterocycles. The van der Waals surface area contributed by atoms with E-state index in [-0.39, 0.29) is 5.41 Å². The van der Waals surface area contributed by atoms with Gasteiger partial charge in [-0.15, -0.1) is 9.13 Å². The van der Waals surface area contributed by atoms with Gasteiger partial charge in [-0.2, -0.15) is 4.57 Å². The Labute approximate surface area is 345 Å². The number of furan rings is 1. The molecule has 10 aromatic rings. The van der Waals surface area contributed by atoms with Crippen molar-refractivity contribution in [1.29, 1.82) is 0 Å². The van der Waals surface area contributed by atoms with Crippen LogP contribution in [0.2, 0.25) is 19.6 Å². The number of hydrogen-bond acceptors (Lipinski definition) is 1. The fraction of sp³-hybridized carbons (Fsp3) is 0.148. The summed E-state index contributed by atoms with van der Waals surface area (Å²) >= 11 is 0. The van der Waals surface area contributed by atoms with E-state index in [2.05, 4.69) is 218 Å². The van der Waals surface area contributed by atoms with Gasteiger partial charge in [0.25, 0.3) is 0 Å². The van der Waals surface area contributed by atoms with Crippen molar-refractivity contribution in [3.05, 3.63) is 181 Å². The SMILES string of the molecule is CC(C)(C)c1ccc2c(c1)C1(c3ccc4c(oc5ccccc54)c3-c3n(-c4c(-c5ccccc5)ccc5ccccc45)c4ccccc4[n+]31)[n+]1cc([Si](C)(C)C)ccc1-2. The topological polar surface area (TPSA) is 25.8 Å². The second-order valence-corrected chi connectivity index (χ2v) is 23.7. The van der Waals surface area contributed by atoms with Crippen LogP contribution in [0.1, 0.15) is 37.5 Å². The van der Waals surface area contributed by atoms with Crippen molar-refractivity contribution in [2.24, 2.45) is 0 Å². The molecule has 284 valence electrons. The minimum atomic E-state index is -1.77. The first kappa shape index (κ1) is 34.5. The maximum atomic E-state index is 7.15. The van der Waals surface area contributed by atoms with Crippen LogP contribution in [0.15, 0.2) is 168 Å². The van der Waals surface area contributed by atoms with E-state index in [4.69, 9.17) is 4.42 Å². The molecular weight excluding hydrogens is 735 g/mol. The maximum absolute atomic E-state index is 7.15. The number of fused-ring (bicyclic) bond motifs is 17. The Morgan fingerprint density at radius 2 is 1.36 bits per heavy atom. The van der Waals surface area contributed by atoms with Gasteiger partial charge in [-0.1, -0.05) is 144 Å². The molecule has 0 aliphatic carbocycles. The molecule has 0 fully saturated rings. The number of pyridine rings is 1. The Hall–Kier alpha value is -6.56. The van der Waals surface area contributed by atoms with E-state index in [1.165, 1.54) is 60.6 Å². The zero-order chi connectivity index (χ0) is 40.0. The normalized spacial score (nSPS) is 15.7. The standard InChI is InChI=1S/C54H45N3OSi/c1-53(2,3)36-25-28-42-44(32-36)54(55-33-37(59(4,5)6)26-31-45(42)55)43-30-29-41-40-20-12-15-23-48(40)58-51(41)49(43)52-56(46-21-13-14-22-47(46)57(52)54)50-38-19-11-10-18-35(38)24-27-39(50)34-16-8-7-9-17-34/h7-33H,1-6H3/q+2. The Bertz CT molecular complexity index is 3350. The molecule has 5 heterocycles. The number of rotatable bonds is 3. The highest BCUT2D eigenvalue weighted by Gasteiger charge is 2.67. The second-order valence-electron chi connectivity index (χ2n) is 18.6. The molecule has 5 heteroatoms. The predicted molar refractivity (Wildman–Crippen MR) is 244 cm³/mol. The van der Waals surface area contributed by atoms with Gasteiger partial charge in [0, 0.05) is 33.0 Å². The zero-order valence-corrected chi connectivity index (χ0v) is 35.3. The van der Waals surface area contributed by atoms with E-state index in [1.54, 1.807) is 0 Å². The molecule has 7 aromatic carbocycles. The average Bonchev–Trinajstić information content (AvgIpc) is 3.96. The molecule has 0 saturated carbocycles. The van der Waals surface area contributed by atoms with Crippen molar-refractivity contribution in [2.45, 2.75) is 51.5 Å². The third-order valence-corrected chi connectivity index (χ3v) is 15.2. The smallest absolute Gasteiger partial charge is 0.364 e. The number of aromatic nitrogens is 3. The number of benzene rings is 7. The van der Waals surface area contributed by atoms with Gasteiger partial charge < -0.3 is 4.42 Å². The fourth-order valence-corrected chi connectivity index (χ4v) is 11.4. The van der Waals surface area contributed by atoms with Crippen LogP contribution in [-0.4, -0.2) is 12.6 Å². The van der Waals surface area contributed by atoms with Crippen LogP contribution < -0.4 is 14.3 Å². The summed E-state index contributed by atoms with van der Waals surface area (Å²) in [6.45, 7) is 14.4. The zero-order valence-electron chi connectivity index (χ0n) is 34.3. The molecule has 0 bridgehead atoms. The van der Waals surface area contributed by atoms with E-state index < -0.39 is 13.7 Å². The van der Waals surface area contributed by atoms with Crippen LogP contribution in [-0.2, 0) is 11.1 Å². The first-order valence-electron chi connectivity index (χ1n) is 20.9. The fourth-order valence-electron chi connectivity index (χ4n) is 10.3. The van der Waals surface area contributed by atoms with E-state index in [0.717, 1.165) is 44.5 Å². The van der Waals surface area contributed by atoms with Crippen molar-refractivity contribution >= 4 is 57.0 Å². The third-order valence-electron chi connectivity index (χ3n) is 13.2. The van der Waals surface area contributed by atoms with Gasteiger partial charge >= 0.3 is 11.5 Å². The van der Waals surface area contributed by atoms with Crippen LogP contribution >= 0.6 is 0 Å². The van der Waals surface area contributed by atoms with E-state index >= 15 is 0 Å². The largest absolute Gasteiger partial charge is 0.455 e. The highest BCUT2D eigenvalue weighted by Crippen LogP contribution is 2.53. The molecule has 0 amide bonds. The third kappa shape index (κ3) is 4.54. The Morgan fingerprint density at radius 3 is 2.17 bits per heavy atom. The van der Waals surface area contributed by atoms with Crippen molar-refractivity contribution in [3.8, 4) is 39.5 Å². The van der Waals surface area contributed by atoms with Crippen LogP contribution in [0.4, 0.5) is 0 Å². The predicted octanol–water partition coefficient (Wildman–Crippen LogP) is 12.0. The first-order chi connectivity index (χ1) is 28.5. The lowest BCUT2D eigenvalue weighted by molar-refractivity contribution is -0.944. The molecule has 1 spiro atoms. The van der Waals surface area contributed by atoms with Gasteiger partial charge in [-0.05, 0) is 70.5 Å². The van der Waals surface area contributed by atoms with Gasteiger partial charge in [0.1, 0.15) is 16.8 Å². The maximum Gasteiger partial charge on any atom is 0.364 e. The minimum Gasteiger partial charge on any atom is -0.455 e. The molecular formula is C54H45N3OSi+2. The summed E-state index contributed by atoms with van der Waals surface area (Å²) in [5.74, 6) is 1.12. The molecule has 59 heavy (non-hydrogen) atoms. The van der Waals surface area contributed by atoms with E-state index in [9.17, 15) is 0 Å². The quantitative estimate of drug-likeness (QED) is 0.130. The summed E-state index contributed by atoms with van der Waals surface area (Å²) in [5, 5.41) is 6.09. The summed E-state index contributed by atoms with van der Waals surface area (Å²) in [6, 6.07) is 58.7. The number of nitrogens with zero attached hydrogens (tertiary/aromatic N) is 3. The van der Waals surface area contributed by atoms with Crippen molar-refractivity contribution in [2.75, 3.05) is 0 Å². The lowest BCUT2D eigenvalue weighted by Gasteiger charge is -2.24. The summed E-state index contributed by atoms with van der Waals surface area (Å²) < 4.78 is 15.0. The summed E-state index contributed by atoms with van der Waals surface area (Å²) in [6.07, 6.45) is 2.51. The molecule has 3 aromatic heterocycles. The van der Waals surface area contributed by atoms with E-state index in [1.807, 2.05) is 0 Å². The van der Waals surface area contributed by atoms with Crippen LogP contribution in [0, 0.1) is 0 Å². The molecule has 1 atom stereocenters. The highest BCUT2D eigenvalue weighted by atomic mass is 28.3. The Balaban J connectivity index is 1.36. The summed E-state index contributed by atoms with van der Waals surface area (Å²) in [7, 11) is -1.77. The monoisotopic (exact) mass is 779 g/mol. The average molecular weight is 780 g/mol. The van der Waals surface area contributed by atoms with Crippen LogP contribution in [0.5, 0.6) is 0 Å². The number of hydrogen-bond donors (Lipinski definition) is 0. The van der Waals surface area contributed by atoms with Gasteiger partial charge in [0.2, 0.25) is 5.69 Å². The number of para-hydroxylation sites is 3. The lowest BCUT2D eigenvalue weighted by atomic mass is 9.82. The molecule has 2 aliphatic heterocycles. The highest BCUT2D eigenvalue weighted by molar-refractivity contribution is 6.88. The molecule has 1 unspecified atom stereocenters. The van der Waals surface area contributed by atoms with Crippen molar-refractivity contribution < 1.29 is 13.6 Å². The molecule has 2 aliphatic rings. The summed E-state index contributed by atoms with van der Waals surface area (Å²) in [4.78, 5) is 0. The Kier molecular flexibility index (Phi) is 6.88. The Morgan fingerprint density at radius 1 is 0.627 bits per heavy atom. The lowest BCUT2D eigenvalue weighted by Crippen LogP contribution is -2.72. The minimum absolute atomic E-state index is 0.0572. The van der Waals surface area contributed by atoms with Gasteiger partial charge in [-0.25, -0.2) is 0 Å². The van der Waals surface area contributed by atoms with E-state index in [0.29, 0.717) is 0 Å². The molecule has 4 nitrogen and oxygen atoms in total. The summed E-state index contributed by atoms with van der Waals surface area (Å²) in [5.41, 5.74) is 14.3. The first-order valence-corrected chi connectivity index (χ1v) is 24.4. The van der Waals surface area contributed by atoms with Gasteiger partial charge in [0.15, 0.2) is 22.8 Å². The van der Waals surface area contributed by atoms with Gasteiger partial charge in [-0.3, -0.25) is 0 Å². The van der Waals surface area contributed by atoms with Gasteiger partial charge in [0.05, 0.1) is 24.8 Å². The number of imidazole rings is 1. The van der Waals surface area contributed by atoms with Crippen LogP contribution in [0.3, 0.4) is 0 Å². The molecule has 0 N–H and O–H groups in total. The molecule has 0 radical (unpaired) electrons.